The number of nitrogens with one attached hydrogen (secondary N) is 1. The Morgan fingerprint density at radius 2 is 2.22 bits per heavy atom. The molecule has 0 saturated heterocycles. The molecule has 0 radical (unpaired) electrons. The molecule has 1 aromatic carbocycles. The van der Waals surface area contributed by atoms with Crippen molar-refractivity contribution in [3.8, 4) is 0 Å². The first-order valence-electron chi connectivity index (χ1n) is 5.51. The molecule has 2 rings (SSSR count). The zero-order chi connectivity index (χ0) is 13.1. The standard InChI is InChI=1S/C13H13BrN2OS/c1-8-3-4-10(5-11(8)14)13(17)15-6-12-16-9(2)7-18-12/h3-5,7H,6H2,1-2H3,(H,15,17). The van der Waals surface area contributed by atoms with E-state index in [2.05, 4.69) is 26.2 Å². The quantitative estimate of drug-likeness (QED) is 0.939. The highest BCUT2D eigenvalue weighted by atomic mass is 79.9. The van der Waals surface area contributed by atoms with Crippen molar-refractivity contribution in [2.24, 2.45) is 0 Å². The van der Waals surface area contributed by atoms with Crippen molar-refractivity contribution in [3.63, 3.8) is 0 Å². The first-order valence-corrected chi connectivity index (χ1v) is 7.19. The summed E-state index contributed by atoms with van der Waals surface area (Å²) in [6, 6.07) is 5.58. The van der Waals surface area contributed by atoms with Crippen LogP contribution in [0.25, 0.3) is 0 Å². The molecule has 1 heterocycles. The number of thiazole rings is 1. The third-order valence-electron chi connectivity index (χ3n) is 2.50. The minimum Gasteiger partial charge on any atom is -0.346 e. The van der Waals surface area contributed by atoms with Crippen molar-refractivity contribution in [1.29, 1.82) is 0 Å². The Balaban J connectivity index is 2.01. The third-order valence-corrected chi connectivity index (χ3v) is 4.32. The number of aryl methyl sites for hydroxylation is 2. The second kappa shape index (κ2) is 5.63. The van der Waals surface area contributed by atoms with E-state index in [9.17, 15) is 4.79 Å². The van der Waals surface area contributed by atoms with Crippen LogP contribution in [-0.4, -0.2) is 10.9 Å². The molecule has 18 heavy (non-hydrogen) atoms. The molecule has 0 aliphatic carbocycles. The first-order chi connectivity index (χ1) is 8.56. The third kappa shape index (κ3) is 3.17. The van der Waals surface area contributed by atoms with Gasteiger partial charge in [0.15, 0.2) is 0 Å². The van der Waals surface area contributed by atoms with Crippen LogP contribution in [0.2, 0.25) is 0 Å². The topological polar surface area (TPSA) is 42.0 Å². The zero-order valence-electron chi connectivity index (χ0n) is 10.2. The van der Waals surface area contributed by atoms with Gasteiger partial charge in [-0.25, -0.2) is 4.98 Å². The number of rotatable bonds is 3. The van der Waals surface area contributed by atoms with E-state index in [4.69, 9.17) is 0 Å². The van der Waals surface area contributed by atoms with Crippen LogP contribution in [0.4, 0.5) is 0 Å². The molecular weight excluding hydrogens is 312 g/mol. The Hall–Kier alpha value is -1.20. The lowest BCUT2D eigenvalue weighted by Gasteiger charge is -2.05. The molecule has 3 nitrogen and oxygen atoms in total. The number of benzene rings is 1. The number of amides is 1. The minimum atomic E-state index is -0.0800. The Kier molecular flexibility index (Phi) is 4.14. The molecule has 1 aromatic heterocycles. The van der Waals surface area contributed by atoms with Crippen molar-refractivity contribution in [3.05, 3.63) is 49.9 Å². The fourth-order valence-electron chi connectivity index (χ4n) is 1.48. The molecule has 0 fully saturated rings. The van der Waals surface area contributed by atoms with Crippen molar-refractivity contribution in [2.75, 3.05) is 0 Å². The highest BCUT2D eigenvalue weighted by Gasteiger charge is 2.07. The van der Waals surface area contributed by atoms with Gasteiger partial charge in [0.05, 0.1) is 6.54 Å². The zero-order valence-corrected chi connectivity index (χ0v) is 12.6. The average molecular weight is 325 g/mol. The van der Waals surface area contributed by atoms with E-state index in [1.165, 1.54) is 0 Å². The number of carbonyl (C=O) groups excluding carboxylic acids is 1. The van der Waals surface area contributed by atoms with Gasteiger partial charge in [-0.3, -0.25) is 4.79 Å². The SMILES string of the molecule is Cc1csc(CNC(=O)c2ccc(C)c(Br)c2)n1. The number of nitrogens with zero attached hydrogens (tertiary/aromatic N) is 1. The van der Waals surface area contributed by atoms with Crippen LogP contribution in [0.1, 0.15) is 26.6 Å². The summed E-state index contributed by atoms with van der Waals surface area (Å²) >= 11 is 4.98. The molecule has 0 unspecified atom stereocenters. The maximum atomic E-state index is 11.9. The van der Waals surface area contributed by atoms with Crippen LogP contribution in [0, 0.1) is 13.8 Å². The molecule has 94 valence electrons. The number of carbonyl (C=O) groups is 1. The molecule has 0 spiro atoms. The highest BCUT2D eigenvalue weighted by Crippen LogP contribution is 2.17. The van der Waals surface area contributed by atoms with Gasteiger partial charge in [0.2, 0.25) is 0 Å². The Morgan fingerprint density at radius 1 is 1.44 bits per heavy atom. The van der Waals surface area contributed by atoms with E-state index >= 15 is 0 Å². The fraction of sp³-hybridized carbons (Fsp3) is 0.231. The summed E-state index contributed by atoms with van der Waals surface area (Å²) < 4.78 is 0.945. The summed E-state index contributed by atoms with van der Waals surface area (Å²) in [4.78, 5) is 16.2. The van der Waals surface area contributed by atoms with Gasteiger partial charge in [-0.2, -0.15) is 0 Å². The largest absolute Gasteiger partial charge is 0.346 e. The molecule has 0 bridgehead atoms. The summed E-state index contributed by atoms with van der Waals surface area (Å²) in [7, 11) is 0. The van der Waals surface area contributed by atoms with Gasteiger partial charge < -0.3 is 5.32 Å². The van der Waals surface area contributed by atoms with E-state index < -0.39 is 0 Å². The molecule has 0 saturated carbocycles. The molecular formula is C13H13BrN2OS. The highest BCUT2D eigenvalue weighted by molar-refractivity contribution is 9.10. The van der Waals surface area contributed by atoms with Gasteiger partial charge in [-0.15, -0.1) is 11.3 Å². The van der Waals surface area contributed by atoms with Gasteiger partial charge >= 0.3 is 0 Å². The molecule has 1 N–H and O–H groups in total. The molecule has 0 aliphatic heterocycles. The maximum Gasteiger partial charge on any atom is 0.251 e. The lowest BCUT2D eigenvalue weighted by atomic mass is 10.1. The van der Waals surface area contributed by atoms with Crippen LogP contribution in [0.3, 0.4) is 0 Å². The van der Waals surface area contributed by atoms with E-state index in [-0.39, 0.29) is 5.91 Å². The number of halogens is 1. The minimum absolute atomic E-state index is 0.0800. The second-order valence-corrected chi connectivity index (χ2v) is 5.83. The van der Waals surface area contributed by atoms with Crippen LogP contribution in [0.5, 0.6) is 0 Å². The first kappa shape index (κ1) is 13.2. The molecule has 0 aliphatic rings. The van der Waals surface area contributed by atoms with Gasteiger partial charge in [0, 0.05) is 21.1 Å². The Bertz CT molecular complexity index is 580. The fourth-order valence-corrected chi connectivity index (χ4v) is 2.57. The van der Waals surface area contributed by atoms with E-state index in [1.54, 1.807) is 11.3 Å². The van der Waals surface area contributed by atoms with Crippen LogP contribution in [0.15, 0.2) is 28.1 Å². The molecule has 5 heteroatoms. The molecule has 0 atom stereocenters. The number of hydrogen-bond donors (Lipinski definition) is 1. The van der Waals surface area contributed by atoms with Gasteiger partial charge in [-0.1, -0.05) is 22.0 Å². The number of aromatic nitrogens is 1. The lowest BCUT2D eigenvalue weighted by molar-refractivity contribution is 0.0951. The smallest absolute Gasteiger partial charge is 0.251 e. The maximum absolute atomic E-state index is 11.9. The Labute approximate surface area is 118 Å². The summed E-state index contributed by atoms with van der Waals surface area (Å²) in [5, 5.41) is 5.76. The molecule has 2 aromatic rings. The van der Waals surface area contributed by atoms with Gasteiger partial charge in [-0.05, 0) is 31.5 Å². The van der Waals surface area contributed by atoms with Crippen LogP contribution in [-0.2, 0) is 6.54 Å². The summed E-state index contributed by atoms with van der Waals surface area (Å²) in [5.74, 6) is -0.0800. The summed E-state index contributed by atoms with van der Waals surface area (Å²) in [5.41, 5.74) is 2.75. The monoisotopic (exact) mass is 324 g/mol. The van der Waals surface area contributed by atoms with Crippen molar-refractivity contribution in [2.45, 2.75) is 20.4 Å². The average Bonchev–Trinajstić information content (AvgIpc) is 2.75. The second-order valence-electron chi connectivity index (χ2n) is 4.03. The van der Waals surface area contributed by atoms with Crippen LogP contribution < -0.4 is 5.32 Å². The Morgan fingerprint density at radius 3 is 2.83 bits per heavy atom. The predicted octanol–water partition coefficient (Wildman–Crippen LogP) is 3.45. The summed E-state index contributed by atoms with van der Waals surface area (Å²) in [6.07, 6.45) is 0. The van der Waals surface area contributed by atoms with Crippen LogP contribution >= 0.6 is 27.3 Å². The lowest BCUT2D eigenvalue weighted by Crippen LogP contribution is -2.22. The normalized spacial score (nSPS) is 10.4. The van der Waals surface area contributed by atoms with E-state index in [0.29, 0.717) is 12.1 Å². The molecule has 1 amide bonds. The van der Waals surface area contributed by atoms with E-state index in [0.717, 1.165) is 20.7 Å². The predicted molar refractivity (Wildman–Crippen MR) is 76.9 cm³/mol. The van der Waals surface area contributed by atoms with Crippen molar-refractivity contribution < 1.29 is 4.79 Å². The number of hydrogen-bond acceptors (Lipinski definition) is 3. The van der Waals surface area contributed by atoms with Gasteiger partial charge in [0.25, 0.3) is 5.91 Å². The van der Waals surface area contributed by atoms with Crippen molar-refractivity contribution >= 4 is 33.2 Å². The van der Waals surface area contributed by atoms with Gasteiger partial charge in [0.1, 0.15) is 5.01 Å². The summed E-state index contributed by atoms with van der Waals surface area (Å²) in [6.45, 7) is 4.41. The van der Waals surface area contributed by atoms with Crippen molar-refractivity contribution in [1.82, 2.24) is 10.3 Å². The van der Waals surface area contributed by atoms with E-state index in [1.807, 2.05) is 37.4 Å².